The highest BCUT2D eigenvalue weighted by atomic mass is 16.5. The smallest absolute Gasteiger partial charge is 0.411 e. The average Bonchev–Trinajstić information content (AvgIpc) is 2.53. The summed E-state index contributed by atoms with van der Waals surface area (Å²) < 4.78 is 13.5. The molecule has 1 atom stereocenters. The first-order valence-corrected chi connectivity index (χ1v) is 6.21. The van der Waals surface area contributed by atoms with E-state index in [2.05, 4.69) is 19.5 Å². The fourth-order valence-corrected chi connectivity index (χ4v) is 1.84. The van der Waals surface area contributed by atoms with Gasteiger partial charge >= 0.3 is 18.0 Å². The summed E-state index contributed by atoms with van der Waals surface area (Å²) in [5, 5.41) is 13.0. The lowest BCUT2D eigenvalue weighted by molar-refractivity contribution is -0.170. The van der Waals surface area contributed by atoms with E-state index < -0.39 is 30.1 Å². The molecule has 0 saturated carbocycles. The first-order chi connectivity index (χ1) is 10.4. The lowest BCUT2D eigenvalue weighted by Crippen LogP contribution is -2.40. The summed E-state index contributed by atoms with van der Waals surface area (Å²) in [6.45, 7) is 0. The number of hydrogen-bond acceptors (Lipinski definition) is 7. The summed E-state index contributed by atoms with van der Waals surface area (Å²) in [4.78, 5) is 34.8. The average molecular weight is 311 g/mol. The second-order valence-electron chi connectivity index (χ2n) is 4.27. The molecule has 0 aliphatic rings. The number of carbonyl (C=O) groups is 3. The summed E-state index contributed by atoms with van der Waals surface area (Å²) in [6.07, 6.45) is -1.46. The van der Waals surface area contributed by atoms with Crippen molar-refractivity contribution in [3.63, 3.8) is 0 Å². The van der Waals surface area contributed by atoms with Gasteiger partial charge in [-0.2, -0.15) is 0 Å². The first-order valence-electron chi connectivity index (χ1n) is 6.21. The molecule has 1 aromatic carbocycles. The molecule has 1 aromatic rings. The number of benzene rings is 1. The van der Waals surface area contributed by atoms with Gasteiger partial charge in [0.15, 0.2) is 5.60 Å². The van der Waals surface area contributed by atoms with E-state index in [1.807, 2.05) is 0 Å². The van der Waals surface area contributed by atoms with Crippen LogP contribution in [0.2, 0.25) is 0 Å². The van der Waals surface area contributed by atoms with Crippen LogP contribution in [0.15, 0.2) is 24.3 Å². The summed E-state index contributed by atoms with van der Waals surface area (Å²) >= 11 is 0. The lowest BCUT2D eigenvalue weighted by Gasteiger charge is -2.26. The molecule has 22 heavy (non-hydrogen) atoms. The molecule has 0 spiro atoms. The molecule has 0 aromatic heterocycles. The number of ether oxygens (including phenoxy) is 3. The number of carbonyl (C=O) groups excluding carboxylic acids is 3. The van der Waals surface area contributed by atoms with Gasteiger partial charge in [0.05, 0.1) is 33.4 Å². The zero-order valence-electron chi connectivity index (χ0n) is 12.4. The number of hydrogen-bond donors (Lipinski definition) is 2. The fraction of sp³-hybridized carbons (Fsp3) is 0.357. The number of anilines is 1. The highest BCUT2D eigenvalue weighted by Crippen LogP contribution is 2.33. The SMILES string of the molecule is COC(=O)C[C@@](O)(C(=O)OC)c1ccccc1NC(=O)OC. The second kappa shape index (κ2) is 7.41. The Hall–Kier alpha value is -2.61. The van der Waals surface area contributed by atoms with Crippen molar-refractivity contribution in [3.8, 4) is 0 Å². The molecule has 2 N–H and O–H groups in total. The predicted octanol–water partition coefficient (Wildman–Crippen LogP) is 0.789. The zero-order chi connectivity index (χ0) is 16.8. The van der Waals surface area contributed by atoms with Gasteiger partial charge in [0.25, 0.3) is 0 Å². The van der Waals surface area contributed by atoms with Gasteiger partial charge in [-0.25, -0.2) is 9.59 Å². The Morgan fingerprint density at radius 3 is 2.27 bits per heavy atom. The highest BCUT2D eigenvalue weighted by molar-refractivity contribution is 5.92. The molecule has 120 valence electrons. The first kappa shape index (κ1) is 17.4. The molecule has 8 heteroatoms. The van der Waals surface area contributed by atoms with Crippen LogP contribution in [0.3, 0.4) is 0 Å². The molecule has 0 unspecified atom stereocenters. The second-order valence-corrected chi connectivity index (χ2v) is 4.27. The largest absolute Gasteiger partial charge is 0.469 e. The van der Waals surface area contributed by atoms with Gasteiger partial charge in [-0.05, 0) is 6.07 Å². The van der Waals surface area contributed by atoms with E-state index in [4.69, 9.17) is 0 Å². The number of esters is 2. The standard InChI is InChI=1S/C14H17NO7/c1-20-11(16)8-14(19,12(17)21-2)9-6-4-5-7-10(9)15-13(18)22-3/h4-7,19H,8H2,1-3H3,(H,15,18)/t14-/m0/s1. The van der Waals surface area contributed by atoms with Crippen LogP contribution in [0, 0.1) is 0 Å². The molecule has 0 fully saturated rings. The van der Waals surface area contributed by atoms with E-state index in [0.717, 1.165) is 14.2 Å². The number of nitrogens with one attached hydrogen (secondary N) is 1. The van der Waals surface area contributed by atoms with E-state index in [9.17, 15) is 19.5 Å². The normalized spacial score (nSPS) is 12.7. The Morgan fingerprint density at radius 2 is 1.73 bits per heavy atom. The quantitative estimate of drug-likeness (QED) is 0.610. The fourth-order valence-electron chi connectivity index (χ4n) is 1.84. The number of amides is 1. The van der Waals surface area contributed by atoms with Gasteiger partial charge in [0.2, 0.25) is 0 Å². The summed E-state index contributed by atoms with van der Waals surface area (Å²) in [5.74, 6) is -1.88. The zero-order valence-corrected chi connectivity index (χ0v) is 12.4. The van der Waals surface area contributed by atoms with Gasteiger partial charge in [0, 0.05) is 5.56 Å². The van der Waals surface area contributed by atoms with Crippen molar-refractivity contribution in [3.05, 3.63) is 29.8 Å². The molecule has 1 amide bonds. The van der Waals surface area contributed by atoms with Gasteiger partial charge in [-0.1, -0.05) is 18.2 Å². The van der Waals surface area contributed by atoms with Crippen molar-refractivity contribution in [2.24, 2.45) is 0 Å². The van der Waals surface area contributed by atoms with Crippen molar-refractivity contribution in [2.45, 2.75) is 12.0 Å². The van der Waals surface area contributed by atoms with Crippen LogP contribution in [0.5, 0.6) is 0 Å². The van der Waals surface area contributed by atoms with Crippen LogP contribution < -0.4 is 5.32 Å². The summed E-state index contributed by atoms with van der Waals surface area (Å²) in [5.41, 5.74) is -2.22. The Bertz CT molecular complexity index is 572. The lowest BCUT2D eigenvalue weighted by atomic mass is 9.89. The highest BCUT2D eigenvalue weighted by Gasteiger charge is 2.43. The van der Waals surface area contributed by atoms with Gasteiger partial charge in [-0.15, -0.1) is 0 Å². The van der Waals surface area contributed by atoms with E-state index in [1.165, 1.54) is 25.3 Å². The van der Waals surface area contributed by atoms with Crippen LogP contribution in [-0.4, -0.2) is 44.5 Å². The molecule has 0 aliphatic heterocycles. The number of aliphatic hydroxyl groups is 1. The third-order valence-corrected chi connectivity index (χ3v) is 2.95. The van der Waals surface area contributed by atoms with Crippen LogP contribution in [-0.2, 0) is 29.4 Å². The molecular weight excluding hydrogens is 294 g/mol. The van der Waals surface area contributed by atoms with Crippen LogP contribution in [0.4, 0.5) is 10.5 Å². The van der Waals surface area contributed by atoms with E-state index >= 15 is 0 Å². The molecule has 0 saturated heterocycles. The Balaban J connectivity index is 3.33. The van der Waals surface area contributed by atoms with Crippen molar-refractivity contribution in [1.29, 1.82) is 0 Å². The van der Waals surface area contributed by atoms with Crippen molar-refractivity contribution in [1.82, 2.24) is 0 Å². The molecule has 0 heterocycles. The molecule has 0 aliphatic carbocycles. The third kappa shape index (κ3) is 3.73. The predicted molar refractivity (Wildman–Crippen MR) is 75.0 cm³/mol. The number of para-hydroxylation sites is 1. The maximum atomic E-state index is 12.0. The molecule has 0 radical (unpaired) electrons. The van der Waals surface area contributed by atoms with Crippen molar-refractivity contribution in [2.75, 3.05) is 26.6 Å². The summed E-state index contributed by atoms with van der Waals surface area (Å²) in [6, 6.07) is 5.93. The maximum Gasteiger partial charge on any atom is 0.411 e. The molecule has 1 rings (SSSR count). The minimum Gasteiger partial charge on any atom is -0.469 e. The maximum absolute atomic E-state index is 12.0. The molecule has 8 nitrogen and oxygen atoms in total. The van der Waals surface area contributed by atoms with Crippen LogP contribution in [0.25, 0.3) is 0 Å². The van der Waals surface area contributed by atoms with Crippen molar-refractivity contribution < 1.29 is 33.7 Å². The topological polar surface area (TPSA) is 111 Å². The molecule has 0 bridgehead atoms. The third-order valence-electron chi connectivity index (χ3n) is 2.95. The van der Waals surface area contributed by atoms with E-state index in [1.54, 1.807) is 6.07 Å². The minimum absolute atomic E-state index is 0.0161. The monoisotopic (exact) mass is 311 g/mol. The van der Waals surface area contributed by atoms with Crippen LogP contribution >= 0.6 is 0 Å². The number of rotatable bonds is 5. The Labute approximate surface area is 127 Å². The van der Waals surface area contributed by atoms with Crippen molar-refractivity contribution >= 4 is 23.7 Å². The van der Waals surface area contributed by atoms with Gasteiger partial charge < -0.3 is 19.3 Å². The Morgan fingerprint density at radius 1 is 1.09 bits per heavy atom. The van der Waals surface area contributed by atoms with Gasteiger partial charge in [0.1, 0.15) is 0 Å². The van der Waals surface area contributed by atoms with Gasteiger partial charge in [-0.3, -0.25) is 10.1 Å². The van der Waals surface area contributed by atoms with E-state index in [-0.39, 0.29) is 11.3 Å². The summed E-state index contributed by atoms with van der Waals surface area (Å²) in [7, 11) is 3.36. The minimum atomic E-state index is -2.31. The molecular formula is C14H17NO7. The number of methoxy groups -OCH3 is 3. The van der Waals surface area contributed by atoms with Crippen LogP contribution in [0.1, 0.15) is 12.0 Å². The van der Waals surface area contributed by atoms with E-state index in [0.29, 0.717) is 0 Å². The Kier molecular flexibility index (Phi) is 5.88.